The lowest BCUT2D eigenvalue weighted by molar-refractivity contribution is -0.123. The number of nitrogens with zero attached hydrogens (tertiary/aromatic N) is 1. The highest BCUT2D eigenvalue weighted by atomic mass is 35.5. The molecule has 0 bridgehead atoms. The molecule has 2 fully saturated rings. The Balaban J connectivity index is 0.00000176. The molecule has 0 aliphatic carbocycles. The summed E-state index contributed by atoms with van der Waals surface area (Å²) < 4.78 is 4.95. The maximum Gasteiger partial charge on any atom is 0.257 e. The second-order valence-electron chi connectivity index (χ2n) is 5.74. The Labute approximate surface area is 136 Å². The van der Waals surface area contributed by atoms with Crippen LogP contribution >= 0.6 is 12.4 Å². The number of hydrogen-bond acceptors (Lipinski definition) is 4. The van der Waals surface area contributed by atoms with Crippen LogP contribution in [0.25, 0.3) is 0 Å². The highest BCUT2D eigenvalue weighted by molar-refractivity contribution is 5.93. The van der Waals surface area contributed by atoms with E-state index in [1.807, 2.05) is 4.90 Å². The number of nitrogens with one attached hydrogen (secondary N) is 2. The van der Waals surface area contributed by atoms with Gasteiger partial charge in [-0.05, 0) is 38.3 Å². The summed E-state index contributed by atoms with van der Waals surface area (Å²) in [5.41, 5.74) is 0.590. The molecule has 122 valence electrons. The van der Waals surface area contributed by atoms with E-state index in [1.54, 1.807) is 6.07 Å². The van der Waals surface area contributed by atoms with Gasteiger partial charge in [0.2, 0.25) is 5.91 Å². The van der Waals surface area contributed by atoms with Crippen molar-refractivity contribution in [3.63, 3.8) is 0 Å². The first-order chi connectivity index (χ1) is 10.2. The van der Waals surface area contributed by atoms with Crippen molar-refractivity contribution in [3.8, 4) is 0 Å². The zero-order chi connectivity index (χ0) is 14.7. The lowest BCUT2D eigenvalue weighted by Crippen LogP contribution is -2.50. The van der Waals surface area contributed by atoms with Crippen LogP contribution in [0.3, 0.4) is 0 Å². The van der Waals surface area contributed by atoms with Gasteiger partial charge >= 0.3 is 0 Å². The fourth-order valence-corrected chi connectivity index (χ4v) is 3.01. The Bertz CT molecular complexity index is 492. The van der Waals surface area contributed by atoms with Gasteiger partial charge in [-0.15, -0.1) is 12.4 Å². The Kier molecular flexibility index (Phi) is 5.85. The number of halogens is 1. The van der Waals surface area contributed by atoms with Gasteiger partial charge in [0.05, 0.1) is 17.9 Å². The van der Waals surface area contributed by atoms with Crippen LogP contribution in [0, 0.1) is 0 Å². The highest BCUT2D eigenvalue weighted by Crippen LogP contribution is 2.15. The van der Waals surface area contributed by atoms with Crippen LogP contribution in [-0.4, -0.2) is 48.4 Å². The van der Waals surface area contributed by atoms with Crippen molar-refractivity contribution in [2.75, 3.05) is 19.6 Å². The monoisotopic (exact) mass is 327 g/mol. The number of furan rings is 1. The normalized spacial score (nSPS) is 22.2. The molecule has 0 aromatic carbocycles. The van der Waals surface area contributed by atoms with Gasteiger partial charge in [-0.25, -0.2) is 0 Å². The van der Waals surface area contributed by atoms with Crippen LogP contribution in [-0.2, 0) is 4.79 Å². The first kappa shape index (κ1) is 16.8. The van der Waals surface area contributed by atoms with Gasteiger partial charge in [0, 0.05) is 19.1 Å². The maximum atomic E-state index is 12.2. The first-order valence-electron chi connectivity index (χ1n) is 7.59. The minimum Gasteiger partial charge on any atom is -0.472 e. The second kappa shape index (κ2) is 7.65. The molecule has 3 heterocycles. The fourth-order valence-electron chi connectivity index (χ4n) is 3.01. The van der Waals surface area contributed by atoms with Crippen LogP contribution in [0.4, 0.5) is 0 Å². The third-order valence-corrected chi connectivity index (χ3v) is 4.27. The molecule has 2 aliphatic rings. The van der Waals surface area contributed by atoms with E-state index in [-0.39, 0.29) is 36.3 Å². The van der Waals surface area contributed by atoms with Gasteiger partial charge in [0.25, 0.3) is 5.91 Å². The molecule has 3 rings (SSSR count). The first-order valence-corrected chi connectivity index (χ1v) is 7.59. The van der Waals surface area contributed by atoms with Crippen molar-refractivity contribution in [2.24, 2.45) is 0 Å². The molecular formula is C15H22ClN3O3. The van der Waals surface area contributed by atoms with E-state index in [9.17, 15) is 9.59 Å². The zero-order valence-electron chi connectivity index (χ0n) is 12.4. The van der Waals surface area contributed by atoms with E-state index in [0.717, 1.165) is 32.2 Å². The minimum absolute atomic E-state index is 0. The number of carbonyl (C=O) groups excluding carboxylic acids is 2. The van der Waals surface area contributed by atoms with Gasteiger partial charge in [0.1, 0.15) is 6.26 Å². The van der Waals surface area contributed by atoms with Gasteiger partial charge in [-0.1, -0.05) is 0 Å². The van der Waals surface area contributed by atoms with Crippen molar-refractivity contribution < 1.29 is 14.0 Å². The smallest absolute Gasteiger partial charge is 0.257 e. The van der Waals surface area contributed by atoms with E-state index in [1.165, 1.54) is 12.5 Å². The lowest BCUT2D eigenvalue weighted by Gasteiger charge is -2.32. The molecule has 0 radical (unpaired) electrons. The highest BCUT2D eigenvalue weighted by Gasteiger charge is 2.28. The van der Waals surface area contributed by atoms with Crippen molar-refractivity contribution >= 4 is 24.2 Å². The molecule has 1 aromatic rings. The van der Waals surface area contributed by atoms with Crippen LogP contribution in [0.5, 0.6) is 0 Å². The standard InChI is InChI=1S/C15H21N3O3.ClH/c19-14(13-2-1-6-16-13)17-12-3-7-18(8-4-12)15(20)11-5-9-21-10-11;/h5,9-10,12-13,16H,1-4,6-8H2,(H,17,19);1H. The van der Waals surface area contributed by atoms with Crippen molar-refractivity contribution in [1.82, 2.24) is 15.5 Å². The summed E-state index contributed by atoms with van der Waals surface area (Å²) in [5, 5.41) is 6.30. The summed E-state index contributed by atoms with van der Waals surface area (Å²) in [4.78, 5) is 26.0. The van der Waals surface area contributed by atoms with Crippen molar-refractivity contribution in [2.45, 2.75) is 37.8 Å². The van der Waals surface area contributed by atoms with Gasteiger partial charge < -0.3 is 20.0 Å². The molecule has 1 unspecified atom stereocenters. The molecule has 2 aliphatic heterocycles. The summed E-state index contributed by atoms with van der Waals surface area (Å²) >= 11 is 0. The quantitative estimate of drug-likeness (QED) is 0.874. The lowest BCUT2D eigenvalue weighted by atomic mass is 10.0. The SMILES string of the molecule is Cl.O=C(NC1CCN(C(=O)c2ccoc2)CC1)C1CCCN1. The predicted octanol–water partition coefficient (Wildman–Crippen LogP) is 1.17. The van der Waals surface area contributed by atoms with E-state index < -0.39 is 0 Å². The number of carbonyl (C=O) groups is 2. The van der Waals surface area contributed by atoms with Crippen LogP contribution in [0.15, 0.2) is 23.0 Å². The van der Waals surface area contributed by atoms with E-state index in [2.05, 4.69) is 10.6 Å². The zero-order valence-corrected chi connectivity index (χ0v) is 13.2. The maximum absolute atomic E-state index is 12.2. The second-order valence-corrected chi connectivity index (χ2v) is 5.74. The Morgan fingerprint density at radius 1 is 1.27 bits per heavy atom. The average molecular weight is 328 g/mol. The molecule has 2 amide bonds. The number of hydrogen-bond donors (Lipinski definition) is 2. The predicted molar refractivity (Wildman–Crippen MR) is 84.0 cm³/mol. The third-order valence-electron chi connectivity index (χ3n) is 4.27. The minimum atomic E-state index is -0.0319. The molecular weight excluding hydrogens is 306 g/mol. The Morgan fingerprint density at radius 3 is 2.64 bits per heavy atom. The van der Waals surface area contributed by atoms with Crippen LogP contribution in [0.2, 0.25) is 0 Å². The molecule has 0 spiro atoms. The number of rotatable bonds is 3. The summed E-state index contributed by atoms with van der Waals surface area (Å²) in [6, 6.07) is 1.82. The van der Waals surface area contributed by atoms with Crippen molar-refractivity contribution in [3.05, 3.63) is 24.2 Å². The van der Waals surface area contributed by atoms with Crippen LogP contribution < -0.4 is 10.6 Å². The molecule has 22 heavy (non-hydrogen) atoms. The average Bonchev–Trinajstić information content (AvgIpc) is 3.20. The number of piperidine rings is 1. The third kappa shape index (κ3) is 3.81. The van der Waals surface area contributed by atoms with Gasteiger partial charge in [-0.3, -0.25) is 9.59 Å². The topological polar surface area (TPSA) is 74.6 Å². The molecule has 6 nitrogen and oxygen atoms in total. The molecule has 7 heteroatoms. The molecule has 2 N–H and O–H groups in total. The summed E-state index contributed by atoms with van der Waals surface area (Å²) in [7, 11) is 0. The van der Waals surface area contributed by atoms with E-state index in [4.69, 9.17) is 4.42 Å². The fraction of sp³-hybridized carbons (Fsp3) is 0.600. The number of amides is 2. The molecule has 1 atom stereocenters. The van der Waals surface area contributed by atoms with E-state index in [0.29, 0.717) is 18.7 Å². The Hall–Kier alpha value is -1.53. The van der Waals surface area contributed by atoms with Crippen molar-refractivity contribution in [1.29, 1.82) is 0 Å². The molecule has 1 aromatic heterocycles. The largest absolute Gasteiger partial charge is 0.472 e. The van der Waals surface area contributed by atoms with Crippen LogP contribution in [0.1, 0.15) is 36.0 Å². The summed E-state index contributed by atoms with van der Waals surface area (Å²) in [6.45, 7) is 2.27. The van der Waals surface area contributed by atoms with Gasteiger partial charge in [-0.2, -0.15) is 0 Å². The number of likely N-dealkylation sites (tertiary alicyclic amines) is 1. The summed E-state index contributed by atoms with van der Waals surface area (Å²) in [5.74, 6) is 0.109. The Morgan fingerprint density at radius 2 is 2.05 bits per heavy atom. The summed E-state index contributed by atoms with van der Waals surface area (Å²) in [6.07, 6.45) is 6.58. The molecule has 2 saturated heterocycles. The van der Waals surface area contributed by atoms with E-state index >= 15 is 0 Å². The van der Waals surface area contributed by atoms with Gasteiger partial charge in [0.15, 0.2) is 0 Å². The molecule has 0 saturated carbocycles.